The van der Waals surface area contributed by atoms with E-state index in [1.54, 1.807) is 6.26 Å². The fourth-order valence-corrected chi connectivity index (χ4v) is 4.42. The summed E-state index contributed by atoms with van der Waals surface area (Å²) in [5.74, 6) is 0.243. The van der Waals surface area contributed by atoms with Gasteiger partial charge >= 0.3 is 0 Å². The first-order valence-electron chi connectivity index (χ1n) is 11.7. The Balaban J connectivity index is 1.52. The minimum Gasteiger partial charge on any atom is -0.464 e. The molecule has 1 fully saturated rings. The minimum absolute atomic E-state index is 0.0210. The molecule has 1 aromatic heterocycles. The topological polar surface area (TPSA) is 81.4 Å². The van der Waals surface area contributed by atoms with Gasteiger partial charge in [0.1, 0.15) is 5.58 Å². The molecule has 1 amide bonds. The van der Waals surface area contributed by atoms with Crippen LogP contribution in [0.1, 0.15) is 50.0 Å². The number of aliphatic hydroxyl groups is 1. The van der Waals surface area contributed by atoms with Crippen molar-refractivity contribution in [3.05, 3.63) is 47.9 Å². The third-order valence-electron chi connectivity index (χ3n) is 6.09. The summed E-state index contributed by atoms with van der Waals surface area (Å²) in [6, 6.07) is 7.92. The number of amides is 1. The number of carbonyl (C=O) groups excluding carboxylic acids is 1. The second kappa shape index (κ2) is 11.5. The zero-order valence-corrected chi connectivity index (χ0v) is 18.5. The Hall–Kier alpha value is -2.35. The number of benzene rings is 1. The van der Waals surface area contributed by atoms with E-state index in [1.807, 2.05) is 35.2 Å². The summed E-state index contributed by atoms with van der Waals surface area (Å²) in [6.07, 6.45) is 9.35. The van der Waals surface area contributed by atoms with Gasteiger partial charge in [-0.15, -0.1) is 0 Å². The number of rotatable bonds is 8. The molecule has 2 aromatic rings. The maximum Gasteiger partial charge on any atom is 0.288 e. The SMILES string of the molecule is O=C(C1=C[C@@H](c2coc3ccccc23)C[C@@H](OCCOCCO)O1)N1CCCCCCC1. The Morgan fingerprint density at radius 3 is 2.66 bits per heavy atom. The molecule has 1 aromatic carbocycles. The summed E-state index contributed by atoms with van der Waals surface area (Å²) in [7, 11) is 0. The van der Waals surface area contributed by atoms with Crippen molar-refractivity contribution in [3.63, 3.8) is 0 Å². The molecule has 2 atom stereocenters. The van der Waals surface area contributed by atoms with Crippen molar-refractivity contribution in [2.75, 3.05) is 39.5 Å². The van der Waals surface area contributed by atoms with Crippen LogP contribution in [0.2, 0.25) is 0 Å². The van der Waals surface area contributed by atoms with E-state index in [2.05, 4.69) is 0 Å². The molecular weight excluding hydrogens is 410 g/mol. The zero-order chi connectivity index (χ0) is 22.2. The molecule has 174 valence electrons. The molecule has 7 nitrogen and oxygen atoms in total. The molecule has 0 radical (unpaired) electrons. The van der Waals surface area contributed by atoms with E-state index >= 15 is 0 Å². The first-order valence-corrected chi connectivity index (χ1v) is 11.7. The van der Waals surface area contributed by atoms with Crippen molar-refractivity contribution >= 4 is 16.9 Å². The number of hydrogen-bond donors (Lipinski definition) is 1. The summed E-state index contributed by atoms with van der Waals surface area (Å²) < 4.78 is 23.0. The van der Waals surface area contributed by atoms with Crippen LogP contribution in [0.5, 0.6) is 0 Å². The van der Waals surface area contributed by atoms with Gasteiger partial charge in [-0.2, -0.15) is 0 Å². The lowest BCUT2D eigenvalue weighted by Gasteiger charge is -2.32. The Kier molecular flexibility index (Phi) is 8.20. The highest BCUT2D eigenvalue weighted by Gasteiger charge is 2.32. The van der Waals surface area contributed by atoms with E-state index in [0.717, 1.165) is 55.3 Å². The predicted molar refractivity (Wildman–Crippen MR) is 120 cm³/mol. The van der Waals surface area contributed by atoms with Crippen molar-refractivity contribution in [1.82, 2.24) is 4.90 Å². The Morgan fingerprint density at radius 2 is 1.84 bits per heavy atom. The van der Waals surface area contributed by atoms with Crippen LogP contribution >= 0.6 is 0 Å². The molecule has 32 heavy (non-hydrogen) atoms. The van der Waals surface area contributed by atoms with E-state index in [-0.39, 0.29) is 25.0 Å². The Bertz CT molecular complexity index is 899. The number of nitrogens with zero attached hydrogens (tertiary/aromatic N) is 1. The van der Waals surface area contributed by atoms with Crippen LogP contribution in [-0.2, 0) is 19.0 Å². The number of hydrogen-bond acceptors (Lipinski definition) is 6. The van der Waals surface area contributed by atoms with Crippen LogP contribution in [-0.4, -0.2) is 61.7 Å². The van der Waals surface area contributed by atoms with E-state index in [9.17, 15) is 4.79 Å². The second-order valence-corrected chi connectivity index (χ2v) is 8.37. The number of furan rings is 1. The minimum atomic E-state index is -0.551. The third kappa shape index (κ3) is 5.71. The number of para-hydroxylation sites is 1. The maximum atomic E-state index is 13.4. The molecule has 2 aliphatic heterocycles. The lowest BCUT2D eigenvalue weighted by molar-refractivity contribution is -0.156. The molecule has 2 aliphatic rings. The predicted octanol–water partition coefficient (Wildman–Crippen LogP) is 3.96. The average molecular weight is 444 g/mol. The molecule has 0 saturated carbocycles. The second-order valence-electron chi connectivity index (χ2n) is 8.37. The first kappa shape index (κ1) is 22.8. The molecule has 0 unspecified atom stereocenters. The van der Waals surface area contributed by atoms with Gasteiger partial charge in [-0.25, -0.2) is 0 Å². The monoisotopic (exact) mass is 443 g/mol. The molecule has 4 rings (SSSR count). The van der Waals surface area contributed by atoms with Crippen LogP contribution in [0.4, 0.5) is 0 Å². The van der Waals surface area contributed by atoms with Gasteiger partial charge in [0, 0.05) is 36.4 Å². The van der Waals surface area contributed by atoms with Gasteiger partial charge in [0.2, 0.25) is 6.29 Å². The smallest absolute Gasteiger partial charge is 0.288 e. The normalized spacial score (nSPS) is 22.2. The van der Waals surface area contributed by atoms with Crippen molar-refractivity contribution in [1.29, 1.82) is 0 Å². The van der Waals surface area contributed by atoms with Gasteiger partial charge < -0.3 is 28.6 Å². The molecule has 3 heterocycles. The lowest BCUT2D eigenvalue weighted by Crippen LogP contribution is -2.38. The summed E-state index contributed by atoms with van der Waals surface area (Å²) in [4.78, 5) is 15.3. The number of fused-ring (bicyclic) bond motifs is 1. The van der Waals surface area contributed by atoms with Crippen molar-refractivity contribution in [2.45, 2.75) is 50.7 Å². The summed E-state index contributed by atoms with van der Waals surface area (Å²) >= 11 is 0. The summed E-state index contributed by atoms with van der Waals surface area (Å²) in [5, 5.41) is 9.89. The molecule has 1 N–H and O–H groups in total. The average Bonchev–Trinajstić information content (AvgIpc) is 3.22. The highest BCUT2D eigenvalue weighted by molar-refractivity contribution is 5.92. The molecule has 1 saturated heterocycles. The van der Waals surface area contributed by atoms with Crippen molar-refractivity contribution in [3.8, 4) is 0 Å². The standard InChI is InChI=1S/C25H33NO6/c27-12-13-29-14-15-30-24-17-19(21-18-31-22-9-5-4-8-20(21)22)16-23(32-24)25(28)26-10-6-2-1-3-7-11-26/h4-5,8-9,16,18-19,24,27H,1-3,6-7,10-15,17H2/t19-,24+/m1/s1. The number of allylic oxidation sites excluding steroid dienone is 1. The number of aliphatic hydroxyl groups excluding tert-OH is 1. The van der Waals surface area contributed by atoms with Gasteiger partial charge in [-0.3, -0.25) is 4.79 Å². The molecule has 0 bridgehead atoms. The van der Waals surface area contributed by atoms with Crippen molar-refractivity contribution < 1.29 is 28.5 Å². The molecule has 0 spiro atoms. The molecule has 7 heteroatoms. The summed E-state index contributed by atoms with van der Waals surface area (Å²) in [5.41, 5.74) is 1.86. The van der Waals surface area contributed by atoms with Gasteiger partial charge in [0.05, 0.1) is 32.7 Å². The van der Waals surface area contributed by atoms with E-state index in [4.69, 9.17) is 23.7 Å². The van der Waals surface area contributed by atoms with E-state index in [1.165, 1.54) is 6.42 Å². The van der Waals surface area contributed by atoms with Gasteiger partial charge in [0.25, 0.3) is 5.91 Å². The maximum absolute atomic E-state index is 13.4. The van der Waals surface area contributed by atoms with E-state index in [0.29, 0.717) is 25.4 Å². The van der Waals surface area contributed by atoms with Crippen LogP contribution in [0.25, 0.3) is 11.0 Å². The number of carbonyl (C=O) groups is 1. The fourth-order valence-electron chi connectivity index (χ4n) is 4.42. The zero-order valence-electron chi connectivity index (χ0n) is 18.5. The summed E-state index contributed by atoms with van der Waals surface area (Å²) in [6.45, 7) is 2.47. The van der Waals surface area contributed by atoms with Crippen LogP contribution in [0, 0.1) is 0 Å². The quantitative estimate of drug-likeness (QED) is 0.622. The highest BCUT2D eigenvalue weighted by atomic mass is 16.7. The Morgan fingerprint density at radius 1 is 1.06 bits per heavy atom. The van der Waals surface area contributed by atoms with Gasteiger partial charge in [-0.1, -0.05) is 37.5 Å². The third-order valence-corrected chi connectivity index (χ3v) is 6.09. The number of likely N-dealkylation sites (tertiary alicyclic amines) is 1. The van der Waals surface area contributed by atoms with Crippen molar-refractivity contribution in [2.24, 2.45) is 0 Å². The van der Waals surface area contributed by atoms with Gasteiger partial charge in [-0.05, 0) is 25.0 Å². The highest BCUT2D eigenvalue weighted by Crippen LogP contribution is 2.36. The Labute approximate surface area is 188 Å². The number of ether oxygens (including phenoxy) is 3. The van der Waals surface area contributed by atoms with Crippen LogP contribution < -0.4 is 0 Å². The first-order chi connectivity index (χ1) is 15.8. The van der Waals surface area contributed by atoms with E-state index < -0.39 is 6.29 Å². The fraction of sp³-hybridized carbons (Fsp3) is 0.560. The lowest BCUT2D eigenvalue weighted by atomic mass is 9.92. The largest absolute Gasteiger partial charge is 0.464 e. The van der Waals surface area contributed by atoms with Gasteiger partial charge in [0.15, 0.2) is 5.76 Å². The van der Waals surface area contributed by atoms with Crippen LogP contribution in [0.15, 0.2) is 46.8 Å². The molecular formula is C25H33NO6. The van der Waals surface area contributed by atoms with Crippen LogP contribution in [0.3, 0.4) is 0 Å². The molecule has 0 aliphatic carbocycles.